The highest BCUT2D eigenvalue weighted by atomic mass is 15.3. The van der Waals surface area contributed by atoms with Crippen LogP contribution in [0.2, 0.25) is 0 Å². The molecule has 0 bridgehead atoms. The Kier molecular flexibility index (Phi) is 7.17. The largest absolute Gasteiger partial charge is 0.301 e. The van der Waals surface area contributed by atoms with Crippen molar-refractivity contribution in [3.8, 4) is 0 Å². The normalized spacial score (nSPS) is 30.3. The van der Waals surface area contributed by atoms with Crippen molar-refractivity contribution in [2.45, 2.75) is 78.4 Å². The van der Waals surface area contributed by atoms with Crippen molar-refractivity contribution in [2.75, 3.05) is 39.3 Å². The van der Waals surface area contributed by atoms with Crippen molar-refractivity contribution in [1.29, 1.82) is 0 Å². The van der Waals surface area contributed by atoms with Crippen molar-refractivity contribution in [3.05, 3.63) is 0 Å². The van der Waals surface area contributed by atoms with Gasteiger partial charge in [-0.15, -0.1) is 0 Å². The van der Waals surface area contributed by atoms with Crippen molar-refractivity contribution in [2.24, 2.45) is 5.92 Å². The lowest BCUT2D eigenvalue weighted by Crippen LogP contribution is -2.57. The quantitative estimate of drug-likeness (QED) is 0.745. The highest BCUT2D eigenvalue weighted by molar-refractivity contribution is 4.85. The summed E-state index contributed by atoms with van der Waals surface area (Å²) in [5.74, 6) is 0.961. The Morgan fingerprint density at radius 1 is 0.955 bits per heavy atom. The first-order valence-corrected chi connectivity index (χ1v) is 9.73. The zero-order valence-corrected chi connectivity index (χ0v) is 15.7. The molecule has 0 aromatic rings. The Bertz CT molecular complexity index is 298. The van der Waals surface area contributed by atoms with Crippen molar-refractivity contribution >= 4 is 0 Å². The molecule has 0 aliphatic carbocycles. The molecule has 2 atom stereocenters. The van der Waals surface area contributed by atoms with Crippen LogP contribution in [0.5, 0.6) is 0 Å². The van der Waals surface area contributed by atoms with E-state index in [1.165, 1.54) is 65.0 Å². The van der Waals surface area contributed by atoms with Crippen LogP contribution in [0.25, 0.3) is 0 Å². The van der Waals surface area contributed by atoms with Gasteiger partial charge >= 0.3 is 0 Å². The molecule has 0 unspecified atom stereocenters. The average Bonchev–Trinajstić information content (AvgIpc) is 2.47. The number of hydrogen-bond acceptors (Lipinski definition) is 3. The van der Waals surface area contributed by atoms with Gasteiger partial charge in [0, 0.05) is 31.2 Å². The van der Waals surface area contributed by atoms with Gasteiger partial charge in [0.2, 0.25) is 0 Å². The predicted octanol–water partition coefficient (Wildman–Crippen LogP) is 3.30. The van der Waals surface area contributed by atoms with E-state index in [1.807, 2.05) is 0 Å². The Balaban J connectivity index is 1.73. The summed E-state index contributed by atoms with van der Waals surface area (Å²) < 4.78 is 0. The van der Waals surface area contributed by atoms with E-state index in [4.69, 9.17) is 0 Å². The summed E-state index contributed by atoms with van der Waals surface area (Å²) in [6.45, 7) is 19.6. The number of nitrogens with zero attached hydrogens (tertiary/aromatic N) is 3. The second kappa shape index (κ2) is 8.65. The molecule has 0 aromatic heterocycles. The number of piperazine rings is 1. The summed E-state index contributed by atoms with van der Waals surface area (Å²) in [5.41, 5.74) is 0. The van der Waals surface area contributed by atoms with Crippen LogP contribution in [0, 0.1) is 5.92 Å². The van der Waals surface area contributed by atoms with E-state index in [-0.39, 0.29) is 0 Å². The molecule has 2 aliphatic rings. The summed E-state index contributed by atoms with van der Waals surface area (Å²) in [7, 11) is 0. The molecular weight excluding hydrogens is 270 g/mol. The Morgan fingerprint density at radius 2 is 1.55 bits per heavy atom. The van der Waals surface area contributed by atoms with Gasteiger partial charge in [0.15, 0.2) is 0 Å². The van der Waals surface area contributed by atoms with Crippen LogP contribution in [0.4, 0.5) is 0 Å². The molecule has 130 valence electrons. The standard InChI is InChI=1S/C19H39N3/c1-6-10-20-14-17(4)22(18(5)15-20)13-9-19-7-11-21(12-8-19)16(2)3/h16-19H,6-15H2,1-5H3/t17-,18-/m1/s1. The maximum absolute atomic E-state index is 2.78. The summed E-state index contributed by atoms with van der Waals surface area (Å²) in [6, 6.07) is 2.18. The van der Waals surface area contributed by atoms with E-state index < -0.39 is 0 Å². The lowest BCUT2D eigenvalue weighted by molar-refractivity contribution is 0.0314. The highest BCUT2D eigenvalue weighted by Gasteiger charge is 2.29. The number of piperidine rings is 1. The molecule has 2 heterocycles. The third kappa shape index (κ3) is 4.94. The SMILES string of the molecule is CCCN1C[C@@H](C)N(CCC2CCN(C(C)C)CC2)[C@H](C)C1. The molecule has 3 nitrogen and oxygen atoms in total. The van der Waals surface area contributed by atoms with E-state index >= 15 is 0 Å². The summed E-state index contributed by atoms with van der Waals surface area (Å²) in [4.78, 5) is 8.08. The van der Waals surface area contributed by atoms with E-state index in [1.54, 1.807) is 0 Å². The highest BCUT2D eigenvalue weighted by Crippen LogP contribution is 2.24. The van der Waals surface area contributed by atoms with Crippen LogP contribution in [-0.4, -0.2) is 72.1 Å². The third-order valence-corrected chi connectivity index (χ3v) is 5.89. The first-order valence-electron chi connectivity index (χ1n) is 9.73. The second-order valence-corrected chi connectivity index (χ2v) is 8.06. The van der Waals surface area contributed by atoms with E-state index in [0.717, 1.165) is 24.0 Å². The van der Waals surface area contributed by atoms with Crippen LogP contribution in [0.3, 0.4) is 0 Å². The van der Waals surface area contributed by atoms with Crippen LogP contribution in [-0.2, 0) is 0 Å². The van der Waals surface area contributed by atoms with Gasteiger partial charge in [-0.3, -0.25) is 4.90 Å². The molecule has 0 aromatic carbocycles. The molecule has 0 N–H and O–H groups in total. The molecule has 0 amide bonds. The molecule has 22 heavy (non-hydrogen) atoms. The van der Waals surface area contributed by atoms with Crippen molar-refractivity contribution < 1.29 is 0 Å². The maximum atomic E-state index is 2.78. The topological polar surface area (TPSA) is 9.72 Å². The van der Waals surface area contributed by atoms with Gasteiger partial charge in [-0.25, -0.2) is 0 Å². The summed E-state index contributed by atoms with van der Waals surface area (Å²) in [5, 5.41) is 0. The Labute approximate surface area is 139 Å². The summed E-state index contributed by atoms with van der Waals surface area (Å²) >= 11 is 0. The number of hydrogen-bond donors (Lipinski definition) is 0. The zero-order valence-electron chi connectivity index (χ0n) is 15.7. The lowest BCUT2D eigenvalue weighted by Gasteiger charge is -2.45. The minimum Gasteiger partial charge on any atom is -0.301 e. The van der Waals surface area contributed by atoms with E-state index in [2.05, 4.69) is 49.3 Å². The smallest absolute Gasteiger partial charge is 0.0198 e. The van der Waals surface area contributed by atoms with Gasteiger partial charge in [0.25, 0.3) is 0 Å². The van der Waals surface area contributed by atoms with Gasteiger partial charge < -0.3 is 9.80 Å². The van der Waals surface area contributed by atoms with Crippen LogP contribution >= 0.6 is 0 Å². The molecule has 0 saturated carbocycles. The first-order chi connectivity index (χ1) is 10.5. The molecule has 0 spiro atoms. The van der Waals surface area contributed by atoms with Gasteiger partial charge in [-0.05, 0) is 85.5 Å². The van der Waals surface area contributed by atoms with Crippen LogP contribution < -0.4 is 0 Å². The number of likely N-dealkylation sites (tertiary alicyclic amines) is 1. The van der Waals surface area contributed by atoms with Gasteiger partial charge in [0.05, 0.1) is 0 Å². The van der Waals surface area contributed by atoms with E-state index in [9.17, 15) is 0 Å². The molecule has 2 rings (SSSR count). The molecule has 2 aliphatic heterocycles. The fourth-order valence-electron chi connectivity index (χ4n) is 4.50. The zero-order chi connectivity index (χ0) is 16.1. The van der Waals surface area contributed by atoms with Gasteiger partial charge in [-0.1, -0.05) is 6.92 Å². The van der Waals surface area contributed by atoms with Gasteiger partial charge in [0.1, 0.15) is 0 Å². The molecule has 2 saturated heterocycles. The number of rotatable bonds is 6. The van der Waals surface area contributed by atoms with E-state index in [0.29, 0.717) is 0 Å². The minimum absolute atomic E-state index is 0.728. The molecular formula is C19H39N3. The minimum atomic E-state index is 0.728. The first kappa shape index (κ1) is 18.2. The molecule has 0 radical (unpaired) electrons. The average molecular weight is 310 g/mol. The third-order valence-electron chi connectivity index (χ3n) is 5.89. The lowest BCUT2D eigenvalue weighted by atomic mass is 9.92. The molecule has 2 fully saturated rings. The van der Waals surface area contributed by atoms with Crippen molar-refractivity contribution in [3.63, 3.8) is 0 Å². The Morgan fingerprint density at radius 3 is 2.05 bits per heavy atom. The monoisotopic (exact) mass is 309 g/mol. The van der Waals surface area contributed by atoms with Gasteiger partial charge in [-0.2, -0.15) is 0 Å². The van der Waals surface area contributed by atoms with Crippen LogP contribution in [0.15, 0.2) is 0 Å². The maximum Gasteiger partial charge on any atom is 0.0198 e. The Hall–Kier alpha value is -0.120. The molecule has 3 heteroatoms. The fraction of sp³-hybridized carbons (Fsp3) is 1.00. The predicted molar refractivity (Wildman–Crippen MR) is 96.4 cm³/mol. The second-order valence-electron chi connectivity index (χ2n) is 8.06. The summed E-state index contributed by atoms with van der Waals surface area (Å²) in [6.07, 6.45) is 5.52. The fourth-order valence-corrected chi connectivity index (χ4v) is 4.50. The van der Waals surface area contributed by atoms with Crippen molar-refractivity contribution in [1.82, 2.24) is 14.7 Å². The van der Waals surface area contributed by atoms with Crippen LogP contribution in [0.1, 0.15) is 60.3 Å².